The summed E-state index contributed by atoms with van der Waals surface area (Å²) in [6.45, 7) is 1.01. The van der Waals surface area contributed by atoms with Gasteiger partial charge in [-0.2, -0.15) is 4.31 Å². The minimum atomic E-state index is -4.01. The lowest BCUT2D eigenvalue weighted by Crippen LogP contribution is -2.58. The zero-order valence-corrected chi connectivity index (χ0v) is 12.9. The van der Waals surface area contributed by atoms with Crippen LogP contribution in [0.15, 0.2) is 27.6 Å². The monoisotopic (exact) mass is 361 g/mol. The largest absolute Gasteiger partial charge is 0.399 e. The standard InChI is InChI=1S/C11H12BrN3O4S/c1-6-11(17)14-10(16)5-15(6)20(18,19)9-4-7(13)2-3-8(9)12/h2-4,6H,5,13H2,1H3,(H,14,16,17). The van der Waals surface area contributed by atoms with Crippen molar-refractivity contribution in [2.24, 2.45) is 0 Å². The first-order valence-electron chi connectivity index (χ1n) is 5.64. The number of halogens is 1. The van der Waals surface area contributed by atoms with Crippen molar-refractivity contribution in [3.8, 4) is 0 Å². The van der Waals surface area contributed by atoms with Crippen LogP contribution < -0.4 is 11.1 Å². The van der Waals surface area contributed by atoms with Gasteiger partial charge in [0.05, 0.1) is 11.4 Å². The zero-order valence-electron chi connectivity index (χ0n) is 10.5. The minimum absolute atomic E-state index is 0.0770. The molecule has 0 aliphatic carbocycles. The molecule has 0 bridgehead atoms. The number of nitrogens with one attached hydrogen (secondary N) is 1. The van der Waals surface area contributed by atoms with Crippen molar-refractivity contribution in [3.05, 3.63) is 22.7 Å². The number of imide groups is 1. The summed E-state index contributed by atoms with van der Waals surface area (Å²) < 4.78 is 26.3. The molecule has 0 saturated carbocycles. The smallest absolute Gasteiger partial charge is 0.245 e. The number of hydrogen-bond donors (Lipinski definition) is 2. The first-order chi connectivity index (χ1) is 9.23. The van der Waals surface area contributed by atoms with Gasteiger partial charge in [0, 0.05) is 10.2 Å². The molecular weight excluding hydrogens is 350 g/mol. The fraction of sp³-hybridized carbons (Fsp3) is 0.273. The summed E-state index contributed by atoms with van der Waals surface area (Å²) in [7, 11) is -4.01. The molecule has 1 aliphatic rings. The number of anilines is 1. The Hall–Kier alpha value is -1.45. The molecule has 7 nitrogen and oxygen atoms in total. The number of piperazine rings is 1. The average Bonchev–Trinajstić information content (AvgIpc) is 2.36. The van der Waals surface area contributed by atoms with E-state index >= 15 is 0 Å². The van der Waals surface area contributed by atoms with Crippen molar-refractivity contribution < 1.29 is 18.0 Å². The maximum atomic E-state index is 12.6. The number of hydrogen-bond acceptors (Lipinski definition) is 5. The predicted octanol–water partition coefficient (Wildman–Crippen LogP) is 0.0669. The molecule has 2 amide bonds. The van der Waals surface area contributed by atoms with Crippen molar-refractivity contribution >= 4 is 43.5 Å². The van der Waals surface area contributed by atoms with Gasteiger partial charge in [-0.15, -0.1) is 0 Å². The molecule has 0 aromatic heterocycles. The number of sulfonamides is 1. The van der Waals surface area contributed by atoms with E-state index in [1.807, 2.05) is 0 Å². The highest BCUT2D eigenvalue weighted by Crippen LogP contribution is 2.28. The molecule has 1 aromatic rings. The fourth-order valence-corrected chi connectivity index (χ4v) is 4.34. The summed E-state index contributed by atoms with van der Waals surface area (Å²) in [5.74, 6) is -1.30. The van der Waals surface area contributed by atoms with Crippen molar-refractivity contribution in [1.29, 1.82) is 0 Å². The lowest BCUT2D eigenvalue weighted by Gasteiger charge is -2.30. The van der Waals surface area contributed by atoms with Gasteiger partial charge in [0.1, 0.15) is 6.04 Å². The fourth-order valence-electron chi connectivity index (χ4n) is 1.83. The molecule has 1 atom stereocenters. The van der Waals surface area contributed by atoms with E-state index in [9.17, 15) is 18.0 Å². The molecule has 108 valence electrons. The van der Waals surface area contributed by atoms with Crippen LogP contribution in [0.25, 0.3) is 0 Å². The SMILES string of the molecule is CC1C(=O)NC(=O)CN1S(=O)(=O)c1cc(N)ccc1Br. The molecule has 20 heavy (non-hydrogen) atoms. The van der Waals surface area contributed by atoms with Crippen LogP contribution in [-0.2, 0) is 19.6 Å². The predicted molar refractivity (Wildman–Crippen MR) is 75.1 cm³/mol. The zero-order chi connectivity index (χ0) is 15.1. The van der Waals surface area contributed by atoms with E-state index in [-0.39, 0.29) is 10.6 Å². The van der Waals surface area contributed by atoms with Crippen LogP contribution in [0, 0.1) is 0 Å². The van der Waals surface area contributed by atoms with Crippen molar-refractivity contribution in [2.45, 2.75) is 17.9 Å². The third-order valence-corrected chi connectivity index (χ3v) is 5.83. The minimum Gasteiger partial charge on any atom is -0.399 e. The van der Waals surface area contributed by atoms with Crippen LogP contribution in [0.1, 0.15) is 6.92 Å². The van der Waals surface area contributed by atoms with Crippen LogP contribution >= 0.6 is 15.9 Å². The molecule has 9 heteroatoms. The molecule has 1 saturated heterocycles. The Bertz CT molecular complexity index is 689. The first kappa shape index (κ1) is 14.9. The summed E-state index contributed by atoms with van der Waals surface area (Å²) in [4.78, 5) is 22.9. The number of amides is 2. The lowest BCUT2D eigenvalue weighted by molar-refractivity contribution is -0.136. The van der Waals surface area contributed by atoms with Crippen LogP contribution in [0.2, 0.25) is 0 Å². The molecule has 3 N–H and O–H groups in total. The molecule has 2 rings (SSSR count). The Morgan fingerprint density at radius 2 is 2.05 bits per heavy atom. The van der Waals surface area contributed by atoms with Crippen molar-refractivity contribution in [1.82, 2.24) is 9.62 Å². The van der Waals surface area contributed by atoms with Gasteiger partial charge >= 0.3 is 0 Å². The molecule has 1 fully saturated rings. The number of nitrogens with two attached hydrogens (primary N) is 1. The third-order valence-electron chi connectivity index (χ3n) is 2.92. The van der Waals surface area contributed by atoms with Crippen LogP contribution in [0.5, 0.6) is 0 Å². The summed E-state index contributed by atoms with van der Waals surface area (Å²) >= 11 is 3.14. The Morgan fingerprint density at radius 3 is 2.70 bits per heavy atom. The molecule has 1 aromatic carbocycles. The quantitative estimate of drug-likeness (QED) is 0.572. The second-order valence-electron chi connectivity index (χ2n) is 4.33. The highest BCUT2D eigenvalue weighted by atomic mass is 79.9. The van der Waals surface area contributed by atoms with Gasteiger partial charge in [-0.3, -0.25) is 14.9 Å². The van der Waals surface area contributed by atoms with Gasteiger partial charge in [0.2, 0.25) is 21.8 Å². The second-order valence-corrected chi connectivity index (χ2v) is 7.04. The maximum absolute atomic E-state index is 12.6. The Morgan fingerprint density at radius 1 is 1.40 bits per heavy atom. The first-order valence-corrected chi connectivity index (χ1v) is 7.87. The van der Waals surface area contributed by atoms with E-state index in [4.69, 9.17) is 5.73 Å². The van der Waals surface area contributed by atoms with Crippen molar-refractivity contribution in [3.63, 3.8) is 0 Å². The summed E-state index contributed by atoms with van der Waals surface area (Å²) in [5.41, 5.74) is 5.86. The van der Waals surface area contributed by atoms with E-state index in [1.54, 1.807) is 6.07 Å². The van der Waals surface area contributed by atoms with Crippen molar-refractivity contribution in [2.75, 3.05) is 12.3 Å². The van der Waals surface area contributed by atoms with Crippen LogP contribution in [0.4, 0.5) is 5.69 Å². The average molecular weight is 362 g/mol. The number of nitrogens with zero attached hydrogens (tertiary/aromatic N) is 1. The second kappa shape index (κ2) is 5.15. The van der Waals surface area contributed by atoms with Crippen LogP contribution in [0.3, 0.4) is 0 Å². The van der Waals surface area contributed by atoms with Gasteiger partial charge in [-0.25, -0.2) is 8.42 Å². The third kappa shape index (κ3) is 2.56. The molecule has 1 aliphatic heterocycles. The van der Waals surface area contributed by atoms with E-state index in [0.29, 0.717) is 4.47 Å². The molecule has 0 spiro atoms. The highest BCUT2D eigenvalue weighted by molar-refractivity contribution is 9.10. The van der Waals surface area contributed by atoms with Gasteiger partial charge < -0.3 is 5.73 Å². The summed E-state index contributed by atoms with van der Waals surface area (Å²) in [5, 5.41) is 2.09. The Labute approximate surface area is 124 Å². The van der Waals surface area contributed by atoms with Gasteiger partial charge in [-0.05, 0) is 41.1 Å². The van der Waals surface area contributed by atoms with E-state index < -0.39 is 34.4 Å². The summed E-state index contributed by atoms with van der Waals surface area (Å²) in [6, 6.07) is 3.36. The number of carbonyl (C=O) groups is 2. The molecular formula is C11H12BrN3O4S. The van der Waals surface area contributed by atoms with Crippen LogP contribution in [-0.4, -0.2) is 37.1 Å². The van der Waals surface area contributed by atoms with Gasteiger partial charge in [0.25, 0.3) is 0 Å². The van der Waals surface area contributed by atoms with E-state index in [2.05, 4.69) is 21.2 Å². The number of rotatable bonds is 2. The molecule has 1 heterocycles. The molecule has 0 radical (unpaired) electrons. The van der Waals surface area contributed by atoms with E-state index in [0.717, 1.165) is 4.31 Å². The van der Waals surface area contributed by atoms with E-state index in [1.165, 1.54) is 19.1 Å². The topological polar surface area (TPSA) is 110 Å². The Balaban J connectivity index is 2.51. The number of benzene rings is 1. The maximum Gasteiger partial charge on any atom is 0.245 e. The highest BCUT2D eigenvalue weighted by Gasteiger charge is 2.39. The lowest BCUT2D eigenvalue weighted by atomic mass is 10.2. The number of nitrogen functional groups attached to an aromatic ring is 1. The van der Waals surface area contributed by atoms with Gasteiger partial charge in [-0.1, -0.05) is 0 Å². The Kier molecular flexibility index (Phi) is 3.85. The van der Waals surface area contributed by atoms with Gasteiger partial charge in [0.15, 0.2) is 0 Å². The summed E-state index contributed by atoms with van der Waals surface area (Å²) in [6.07, 6.45) is 0. The number of carbonyl (C=O) groups excluding carboxylic acids is 2. The molecule has 1 unspecified atom stereocenters. The normalized spacial score (nSPS) is 20.8.